The van der Waals surface area contributed by atoms with Crippen molar-refractivity contribution >= 4 is 23.6 Å². The van der Waals surface area contributed by atoms with E-state index in [1.54, 1.807) is 5.19 Å². The zero-order valence-electron chi connectivity index (χ0n) is 23.3. The number of hydrogen-bond acceptors (Lipinski definition) is 0. The van der Waals surface area contributed by atoms with Gasteiger partial charge < -0.3 is 0 Å². The summed E-state index contributed by atoms with van der Waals surface area (Å²) < 4.78 is 0. The van der Waals surface area contributed by atoms with Gasteiger partial charge in [-0.15, -0.1) is 0 Å². The molecule has 1 heteroatoms. The Bertz CT molecular complexity index is 1280. The van der Waals surface area contributed by atoms with Crippen molar-refractivity contribution in [3.05, 3.63) is 111 Å². The topological polar surface area (TPSA) is 0 Å². The van der Waals surface area contributed by atoms with E-state index in [-0.39, 0.29) is 5.04 Å². The minimum absolute atomic E-state index is 0.0615. The molecular weight excluding hydrogens is 436 g/mol. The highest BCUT2D eigenvalue weighted by Gasteiger charge is 2.56. The van der Waals surface area contributed by atoms with Crippen LogP contribution in [0.15, 0.2) is 83.5 Å². The average Bonchev–Trinajstić information content (AvgIpc) is 3.06. The Morgan fingerprint density at radius 1 is 0.657 bits per heavy atom. The predicted molar refractivity (Wildman–Crippen MR) is 157 cm³/mol. The molecule has 0 saturated carbocycles. The van der Waals surface area contributed by atoms with E-state index in [0.29, 0.717) is 0 Å². The summed E-state index contributed by atoms with van der Waals surface area (Å²) in [5.41, 5.74) is 11.5. The van der Waals surface area contributed by atoms with Crippen molar-refractivity contribution in [3.8, 4) is 0 Å². The highest BCUT2D eigenvalue weighted by atomic mass is 28.3. The molecule has 0 saturated heterocycles. The quantitative estimate of drug-likeness (QED) is 0.258. The molecule has 0 N–H and O–H groups in total. The van der Waals surface area contributed by atoms with Crippen molar-refractivity contribution in [2.24, 2.45) is 0 Å². The molecule has 35 heavy (non-hydrogen) atoms. The minimum atomic E-state index is -2.58. The van der Waals surface area contributed by atoms with E-state index in [0.717, 1.165) is 12.8 Å². The van der Waals surface area contributed by atoms with E-state index in [9.17, 15) is 0 Å². The Balaban J connectivity index is 2.27. The van der Waals surface area contributed by atoms with Crippen LogP contribution >= 0.6 is 0 Å². The molecule has 0 bridgehead atoms. The molecule has 0 nitrogen and oxygen atoms in total. The third kappa shape index (κ3) is 3.89. The first-order valence-corrected chi connectivity index (χ1v) is 15.2. The Labute approximate surface area is 214 Å². The van der Waals surface area contributed by atoms with E-state index in [1.807, 2.05) is 0 Å². The molecule has 1 aliphatic rings. The average molecular weight is 479 g/mol. The van der Waals surface area contributed by atoms with Crippen molar-refractivity contribution in [1.82, 2.24) is 0 Å². The lowest BCUT2D eigenvalue weighted by Crippen LogP contribution is -2.73. The molecule has 4 rings (SSSR count). The fourth-order valence-corrected chi connectivity index (χ4v) is 12.8. The lowest BCUT2D eigenvalue weighted by Gasteiger charge is -2.47. The Morgan fingerprint density at radius 2 is 1.17 bits per heavy atom. The summed E-state index contributed by atoms with van der Waals surface area (Å²) in [6, 6.07) is 24.1. The lowest BCUT2D eigenvalue weighted by molar-refractivity contribution is 0.869. The monoisotopic (exact) mass is 478 g/mol. The highest BCUT2D eigenvalue weighted by molar-refractivity contribution is 7.14. The largest absolute Gasteiger partial charge is 0.161 e. The number of allylic oxidation sites excluding steroid dienone is 4. The Morgan fingerprint density at radius 3 is 1.63 bits per heavy atom. The molecule has 3 aromatic carbocycles. The van der Waals surface area contributed by atoms with E-state index in [4.69, 9.17) is 0 Å². The summed E-state index contributed by atoms with van der Waals surface area (Å²) in [5, 5.41) is 4.51. The third-order valence-corrected chi connectivity index (χ3v) is 14.7. The Kier molecular flexibility index (Phi) is 6.86. The zero-order valence-corrected chi connectivity index (χ0v) is 24.3. The van der Waals surface area contributed by atoms with Gasteiger partial charge in [-0.1, -0.05) is 98.7 Å². The third-order valence-electron chi connectivity index (χ3n) is 9.09. The van der Waals surface area contributed by atoms with Gasteiger partial charge in [0.15, 0.2) is 8.07 Å². The first-order valence-electron chi connectivity index (χ1n) is 13.2. The molecule has 182 valence electrons. The SMILES string of the molecule is CCc1cc(CC)cc([Si](c2ccccc2)(c2cc(C)c(C)c(C)c2)C2(C)C=C(C)C(C)=C2C)c1. The molecule has 0 spiro atoms. The summed E-state index contributed by atoms with van der Waals surface area (Å²) in [5.74, 6) is 0. The van der Waals surface area contributed by atoms with Gasteiger partial charge in [-0.25, -0.2) is 0 Å². The maximum atomic E-state index is 2.62. The molecule has 0 amide bonds. The fourth-order valence-electron chi connectivity index (χ4n) is 6.45. The first kappa shape index (κ1) is 25.4. The van der Waals surface area contributed by atoms with Gasteiger partial charge >= 0.3 is 0 Å². The van der Waals surface area contributed by atoms with E-state index < -0.39 is 8.07 Å². The van der Waals surface area contributed by atoms with E-state index in [1.165, 1.54) is 54.9 Å². The highest BCUT2D eigenvalue weighted by Crippen LogP contribution is 2.53. The van der Waals surface area contributed by atoms with Crippen LogP contribution in [0.25, 0.3) is 0 Å². The fraction of sp³-hybridized carbons (Fsp3) is 0.353. The number of benzene rings is 3. The van der Waals surface area contributed by atoms with Crippen molar-refractivity contribution in [2.45, 2.75) is 80.2 Å². The van der Waals surface area contributed by atoms with E-state index >= 15 is 0 Å². The van der Waals surface area contributed by atoms with Gasteiger partial charge in [-0.05, 0) is 103 Å². The first-order chi connectivity index (χ1) is 16.6. The van der Waals surface area contributed by atoms with Crippen LogP contribution in [0.3, 0.4) is 0 Å². The molecule has 0 fully saturated rings. The Hall–Kier alpha value is -2.64. The normalized spacial score (nSPS) is 19.6. The smallest absolute Gasteiger partial charge is 0.0730 e. The molecule has 0 aromatic heterocycles. The second-order valence-corrected chi connectivity index (χ2v) is 15.1. The number of aryl methyl sites for hydroxylation is 4. The maximum Gasteiger partial charge on any atom is 0.161 e. The number of rotatable bonds is 6. The van der Waals surface area contributed by atoms with Gasteiger partial charge in [0.2, 0.25) is 0 Å². The predicted octanol–water partition coefficient (Wildman–Crippen LogP) is 7.26. The van der Waals surface area contributed by atoms with Crippen LogP contribution < -0.4 is 15.6 Å². The molecule has 2 atom stereocenters. The van der Waals surface area contributed by atoms with Crippen LogP contribution in [-0.2, 0) is 12.8 Å². The summed E-state index contributed by atoms with van der Waals surface area (Å²) in [7, 11) is -2.58. The van der Waals surface area contributed by atoms with Crippen LogP contribution in [0.4, 0.5) is 0 Å². The summed E-state index contributed by atoms with van der Waals surface area (Å²) in [6.07, 6.45) is 4.74. The van der Waals surface area contributed by atoms with Gasteiger partial charge in [0, 0.05) is 5.04 Å². The van der Waals surface area contributed by atoms with Crippen molar-refractivity contribution < 1.29 is 0 Å². The second kappa shape index (κ2) is 9.43. The van der Waals surface area contributed by atoms with Crippen LogP contribution in [-0.4, -0.2) is 8.07 Å². The number of hydrogen-bond donors (Lipinski definition) is 0. The molecule has 0 heterocycles. The van der Waals surface area contributed by atoms with Crippen LogP contribution in [0.2, 0.25) is 5.04 Å². The lowest BCUT2D eigenvalue weighted by atomic mass is 10.0. The molecule has 0 radical (unpaired) electrons. The maximum absolute atomic E-state index is 2.62. The van der Waals surface area contributed by atoms with Gasteiger partial charge in [-0.2, -0.15) is 0 Å². The summed E-state index contributed by atoms with van der Waals surface area (Å²) >= 11 is 0. The van der Waals surface area contributed by atoms with Gasteiger partial charge in [0.25, 0.3) is 0 Å². The van der Waals surface area contributed by atoms with Crippen LogP contribution in [0.1, 0.15) is 69.4 Å². The summed E-state index contributed by atoms with van der Waals surface area (Å²) in [6.45, 7) is 21.0. The molecule has 1 aliphatic carbocycles. The van der Waals surface area contributed by atoms with Crippen LogP contribution in [0.5, 0.6) is 0 Å². The molecule has 3 aromatic rings. The minimum Gasteiger partial charge on any atom is -0.0730 e. The van der Waals surface area contributed by atoms with Crippen molar-refractivity contribution in [3.63, 3.8) is 0 Å². The van der Waals surface area contributed by atoms with Crippen LogP contribution in [0, 0.1) is 20.8 Å². The molecule has 0 aliphatic heterocycles. The van der Waals surface area contributed by atoms with Gasteiger partial charge in [0.1, 0.15) is 0 Å². The standard InChI is InChI=1S/C34H42Si/c1-10-29-19-30(11-2)21-33(20-29)35(31-15-13-12-14-16-31,32-17-23(3)26(6)24(4)18-32)34(9)22-25(5)27(7)28(34)8/h12-22H,10-11H2,1-9H3. The molecule has 2 unspecified atom stereocenters. The van der Waals surface area contributed by atoms with Crippen molar-refractivity contribution in [2.75, 3.05) is 0 Å². The molecular formula is C34H42Si. The summed E-state index contributed by atoms with van der Waals surface area (Å²) in [4.78, 5) is 0. The van der Waals surface area contributed by atoms with Crippen molar-refractivity contribution in [1.29, 1.82) is 0 Å². The second-order valence-electron chi connectivity index (χ2n) is 10.9. The van der Waals surface area contributed by atoms with E-state index in [2.05, 4.69) is 129 Å². The van der Waals surface area contributed by atoms with Gasteiger partial charge in [-0.3, -0.25) is 0 Å². The zero-order chi connectivity index (χ0) is 25.5. The van der Waals surface area contributed by atoms with Gasteiger partial charge in [0.05, 0.1) is 0 Å².